The SMILES string of the molecule is Cc1ccc(Nc2ncccc2C(=O)[O-])c(C)c1. The molecule has 0 aliphatic rings. The third-order valence-electron chi connectivity index (χ3n) is 2.66. The number of benzene rings is 1. The van der Waals surface area contributed by atoms with Gasteiger partial charge >= 0.3 is 0 Å². The number of carbonyl (C=O) groups excluding carboxylic acids is 1. The van der Waals surface area contributed by atoms with Crippen LogP contribution in [0.4, 0.5) is 11.5 Å². The number of carbonyl (C=O) groups is 1. The minimum Gasteiger partial charge on any atom is -0.545 e. The van der Waals surface area contributed by atoms with Crippen LogP contribution in [0.2, 0.25) is 0 Å². The number of aromatic carboxylic acids is 1. The van der Waals surface area contributed by atoms with E-state index in [1.165, 1.54) is 12.3 Å². The number of aryl methyl sites for hydroxylation is 2. The van der Waals surface area contributed by atoms with Crippen molar-refractivity contribution in [1.29, 1.82) is 0 Å². The molecule has 0 radical (unpaired) electrons. The standard InChI is InChI=1S/C14H14N2O2/c1-9-5-6-12(10(2)8-9)16-13-11(14(17)18)4-3-7-15-13/h3-8H,1-2H3,(H,15,16)(H,17,18)/p-1. The molecule has 1 aromatic heterocycles. The van der Waals surface area contributed by atoms with Crippen molar-refractivity contribution in [3.8, 4) is 0 Å². The Morgan fingerprint density at radius 1 is 1.28 bits per heavy atom. The Labute approximate surface area is 105 Å². The van der Waals surface area contributed by atoms with E-state index in [2.05, 4.69) is 10.3 Å². The molecule has 4 heteroatoms. The lowest BCUT2D eigenvalue weighted by molar-refractivity contribution is -0.254. The maximum absolute atomic E-state index is 11.0. The molecule has 18 heavy (non-hydrogen) atoms. The average molecular weight is 241 g/mol. The molecule has 0 saturated carbocycles. The van der Waals surface area contributed by atoms with Crippen molar-refractivity contribution < 1.29 is 9.90 Å². The van der Waals surface area contributed by atoms with Crippen LogP contribution in [0, 0.1) is 13.8 Å². The van der Waals surface area contributed by atoms with Gasteiger partial charge in [0.25, 0.3) is 0 Å². The molecule has 0 fully saturated rings. The Balaban J connectivity index is 2.37. The second-order valence-corrected chi connectivity index (χ2v) is 4.13. The van der Waals surface area contributed by atoms with E-state index >= 15 is 0 Å². The number of carboxylic acid groups (broad SMARTS) is 1. The number of nitrogens with one attached hydrogen (secondary N) is 1. The summed E-state index contributed by atoms with van der Waals surface area (Å²) in [5.41, 5.74) is 3.07. The van der Waals surface area contributed by atoms with E-state index in [0.717, 1.165) is 16.8 Å². The van der Waals surface area contributed by atoms with Crippen LogP contribution in [0.3, 0.4) is 0 Å². The maximum atomic E-state index is 11.0. The Morgan fingerprint density at radius 3 is 2.72 bits per heavy atom. The van der Waals surface area contributed by atoms with Crippen molar-refractivity contribution in [1.82, 2.24) is 4.98 Å². The van der Waals surface area contributed by atoms with E-state index in [-0.39, 0.29) is 5.56 Å². The molecule has 0 amide bonds. The predicted octanol–water partition coefficient (Wildman–Crippen LogP) is 1.81. The van der Waals surface area contributed by atoms with Gasteiger partial charge in [0, 0.05) is 17.4 Å². The molecule has 0 saturated heterocycles. The number of pyridine rings is 1. The van der Waals surface area contributed by atoms with Crippen molar-refractivity contribution in [3.63, 3.8) is 0 Å². The molecule has 2 aromatic rings. The van der Waals surface area contributed by atoms with Crippen molar-refractivity contribution in [3.05, 3.63) is 53.2 Å². The number of rotatable bonds is 3. The fourth-order valence-corrected chi connectivity index (χ4v) is 1.75. The van der Waals surface area contributed by atoms with E-state index in [1.807, 2.05) is 32.0 Å². The molecule has 0 aliphatic carbocycles. The highest BCUT2D eigenvalue weighted by molar-refractivity contribution is 5.92. The first-order valence-corrected chi connectivity index (χ1v) is 5.58. The lowest BCUT2D eigenvalue weighted by atomic mass is 10.1. The summed E-state index contributed by atoms with van der Waals surface area (Å²) in [7, 11) is 0. The van der Waals surface area contributed by atoms with E-state index in [1.54, 1.807) is 6.07 Å². The third kappa shape index (κ3) is 2.48. The van der Waals surface area contributed by atoms with E-state index in [0.29, 0.717) is 5.82 Å². The largest absolute Gasteiger partial charge is 0.545 e. The number of hydrogen-bond acceptors (Lipinski definition) is 4. The van der Waals surface area contributed by atoms with Gasteiger partial charge < -0.3 is 15.2 Å². The van der Waals surface area contributed by atoms with Gasteiger partial charge in [0.05, 0.1) is 5.97 Å². The first-order valence-electron chi connectivity index (χ1n) is 5.58. The second-order valence-electron chi connectivity index (χ2n) is 4.13. The maximum Gasteiger partial charge on any atom is 0.139 e. The van der Waals surface area contributed by atoms with Gasteiger partial charge in [-0.05, 0) is 37.6 Å². The van der Waals surface area contributed by atoms with Crippen LogP contribution in [0.15, 0.2) is 36.5 Å². The molecule has 4 nitrogen and oxygen atoms in total. The highest BCUT2D eigenvalue weighted by Gasteiger charge is 2.06. The van der Waals surface area contributed by atoms with Gasteiger partial charge in [-0.15, -0.1) is 0 Å². The monoisotopic (exact) mass is 241 g/mol. The molecule has 0 aliphatic heterocycles. The van der Waals surface area contributed by atoms with Crippen molar-refractivity contribution in [2.24, 2.45) is 0 Å². The summed E-state index contributed by atoms with van der Waals surface area (Å²) in [6.07, 6.45) is 1.54. The first kappa shape index (κ1) is 12.1. The molecule has 2 rings (SSSR count). The molecule has 0 spiro atoms. The molecular formula is C14H13N2O2-. The molecule has 1 heterocycles. The van der Waals surface area contributed by atoms with Gasteiger partial charge in [0.2, 0.25) is 0 Å². The van der Waals surface area contributed by atoms with Crippen LogP contribution in [-0.2, 0) is 0 Å². The van der Waals surface area contributed by atoms with Crippen LogP contribution >= 0.6 is 0 Å². The summed E-state index contributed by atoms with van der Waals surface area (Å²) in [5.74, 6) is -0.945. The third-order valence-corrected chi connectivity index (χ3v) is 2.66. The van der Waals surface area contributed by atoms with Crippen molar-refractivity contribution >= 4 is 17.5 Å². The minimum atomic E-state index is -1.24. The minimum absolute atomic E-state index is 0.0532. The second kappa shape index (κ2) is 4.87. The molecule has 1 aromatic carbocycles. The fraction of sp³-hybridized carbons (Fsp3) is 0.143. The number of nitrogens with zero attached hydrogens (tertiary/aromatic N) is 1. The Hall–Kier alpha value is -2.36. The number of carboxylic acids is 1. The van der Waals surface area contributed by atoms with Crippen LogP contribution in [0.5, 0.6) is 0 Å². The van der Waals surface area contributed by atoms with Crippen LogP contribution in [0.25, 0.3) is 0 Å². The zero-order valence-electron chi connectivity index (χ0n) is 10.2. The molecule has 0 atom stereocenters. The normalized spacial score (nSPS) is 10.1. The number of anilines is 2. The van der Waals surface area contributed by atoms with Crippen molar-refractivity contribution in [2.75, 3.05) is 5.32 Å². The van der Waals surface area contributed by atoms with Crippen LogP contribution in [0.1, 0.15) is 21.5 Å². The van der Waals surface area contributed by atoms with Gasteiger partial charge in [0.15, 0.2) is 0 Å². The molecule has 92 valence electrons. The topological polar surface area (TPSA) is 65.0 Å². The predicted molar refractivity (Wildman–Crippen MR) is 67.8 cm³/mol. The Bertz CT molecular complexity index is 594. The zero-order valence-corrected chi connectivity index (χ0v) is 10.2. The number of aromatic nitrogens is 1. The lowest BCUT2D eigenvalue weighted by Gasteiger charge is -2.13. The van der Waals surface area contributed by atoms with Crippen LogP contribution in [-0.4, -0.2) is 11.0 Å². The summed E-state index contributed by atoms with van der Waals surface area (Å²) >= 11 is 0. The molecule has 1 N–H and O–H groups in total. The summed E-state index contributed by atoms with van der Waals surface area (Å²) in [6, 6.07) is 8.91. The molecular weight excluding hydrogens is 228 g/mol. The first-order chi connectivity index (χ1) is 8.58. The van der Waals surface area contributed by atoms with Crippen molar-refractivity contribution in [2.45, 2.75) is 13.8 Å². The van der Waals surface area contributed by atoms with Gasteiger partial charge in [-0.2, -0.15) is 0 Å². The van der Waals surface area contributed by atoms with Gasteiger partial charge in [-0.1, -0.05) is 17.7 Å². The highest BCUT2D eigenvalue weighted by atomic mass is 16.4. The molecule has 0 bridgehead atoms. The summed E-state index contributed by atoms with van der Waals surface area (Å²) < 4.78 is 0. The van der Waals surface area contributed by atoms with Gasteiger partial charge in [0.1, 0.15) is 5.82 Å². The van der Waals surface area contributed by atoms with Gasteiger partial charge in [-0.25, -0.2) is 4.98 Å². The van der Waals surface area contributed by atoms with E-state index < -0.39 is 5.97 Å². The fourth-order valence-electron chi connectivity index (χ4n) is 1.75. The Kier molecular flexibility index (Phi) is 3.28. The zero-order chi connectivity index (χ0) is 13.1. The van der Waals surface area contributed by atoms with Gasteiger partial charge in [-0.3, -0.25) is 0 Å². The average Bonchev–Trinajstić information content (AvgIpc) is 2.33. The highest BCUT2D eigenvalue weighted by Crippen LogP contribution is 2.22. The number of hydrogen-bond donors (Lipinski definition) is 1. The summed E-state index contributed by atoms with van der Waals surface area (Å²) in [6.45, 7) is 3.96. The molecule has 0 unspecified atom stereocenters. The van der Waals surface area contributed by atoms with E-state index in [9.17, 15) is 9.90 Å². The smallest absolute Gasteiger partial charge is 0.139 e. The Morgan fingerprint density at radius 2 is 2.06 bits per heavy atom. The van der Waals surface area contributed by atoms with E-state index in [4.69, 9.17) is 0 Å². The van der Waals surface area contributed by atoms with Crippen LogP contribution < -0.4 is 10.4 Å². The quantitative estimate of drug-likeness (QED) is 0.890. The lowest BCUT2D eigenvalue weighted by Crippen LogP contribution is -2.23. The summed E-state index contributed by atoms with van der Waals surface area (Å²) in [5, 5.41) is 14.0. The summed E-state index contributed by atoms with van der Waals surface area (Å²) in [4.78, 5) is 15.0.